The number of amides is 1. The van der Waals surface area contributed by atoms with Gasteiger partial charge in [0, 0.05) is 18.5 Å². The molecule has 1 atom stereocenters. The van der Waals surface area contributed by atoms with Gasteiger partial charge in [-0.1, -0.05) is 19.0 Å². The lowest BCUT2D eigenvalue weighted by molar-refractivity contribution is 0.0947. The molecule has 5 nitrogen and oxygen atoms in total. The zero-order valence-electron chi connectivity index (χ0n) is 11.5. The summed E-state index contributed by atoms with van der Waals surface area (Å²) in [5.41, 5.74) is 1.21. The third-order valence-corrected chi connectivity index (χ3v) is 2.70. The molecule has 0 spiro atoms. The van der Waals surface area contributed by atoms with Crippen LogP contribution < -0.4 is 10.6 Å². The Balaban J connectivity index is 0.00000289. The van der Waals surface area contributed by atoms with Crippen LogP contribution in [0.4, 0.5) is 0 Å². The highest BCUT2D eigenvalue weighted by Crippen LogP contribution is 2.21. The van der Waals surface area contributed by atoms with Crippen LogP contribution in [0.15, 0.2) is 4.52 Å². The van der Waals surface area contributed by atoms with Crippen molar-refractivity contribution >= 4 is 18.3 Å². The van der Waals surface area contributed by atoms with Gasteiger partial charge in [0.1, 0.15) is 5.56 Å². The van der Waals surface area contributed by atoms with E-state index in [2.05, 4.69) is 15.8 Å². The molecule has 0 fully saturated rings. The van der Waals surface area contributed by atoms with Crippen LogP contribution >= 0.6 is 12.4 Å². The minimum absolute atomic E-state index is 0. The van der Waals surface area contributed by atoms with Gasteiger partial charge >= 0.3 is 0 Å². The Bertz CT molecular complexity index is 391. The van der Waals surface area contributed by atoms with E-state index in [4.69, 9.17) is 4.52 Å². The van der Waals surface area contributed by atoms with Crippen molar-refractivity contribution in [1.29, 1.82) is 0 Å². The first-order chi connectivity index (χ1) is 7.97. The minimum Gasteiger partial charge on any atom is -0.360 e. The summed E-state index contributed by atoms with van der Waals surface area (Å²) in [6, 6.07) is 0.238. The van der Waals surface area contributed by atoms with Crippen molar-refractivity contribution in [3.63, 3.8) is 0 Å². The third-order valence-electron chi connectivity index (χ3n) is 2.70. The van der Waals surface area contributed by atoms with Gasteiger partial charge in [-0.15, -0.1) is 12.4 Å². The van der Waals surface area contributed by atoms with Crippen molar-refractivity contribution in [2.24, 2.45) is 0 Å². The molecule has 0 aliphatic heterocycles. The van der Waals surface area contributed by atoms with Crippen molar-refractivity contribution in [3.05, 3.63) is 17.0 Å². The van der Waals surface area contributed by atoms with Crippen LogP contribution in [0.5, 0.6) is 0 Å². The average Bonchev–Trinajstić information content (AvgIpc) is 2.67. The smallest absolute Gasteiger partial charge is 0.256 e. The van der Waals surface area contributed by atoms with Gasteiger partial charge in [0.2, 0.25) is 0 Å². The van der Waals surface area contributed by atoms with Gasteiger partial charge in [0.05, 0.1) is 5.69 Å². The van der Waals surface area contributed by atoms with E-state index in [9.17, 15) is 4.79 Å². The van der Waals surface area contributed by atoms with E-state index in [0.29, 0.717) is 23.6 Å². The first-order valence-electron chi connectivity index (χ1n) is 5.89. The van der Waals surface area contributed by atoms with Crippen molar-refractivity contribution in [2.45, 2.75) is 39.7 Å². The molecule has 0 radical (unpaired) electrons. The van der Waals surface area contributed by atoms with Crippen LogP contribution in [-0.2, 0) is 0 Å². The molecule has 0 bridgehead atoms. The largest absolute Gasteiger partial charge is 0.360 e. The summed E-state index contributed by atoms with van der Waals surface area (Å²) >= 11 is 0. The standard InChI is InChI=1S/C12H21N3O2.ClH/c1-7(2)11-10(9(4)15-17-11)12(16)14-6-8(3)13-5;/h7-8,13H,6H2,1-5H3,(H,14,16);1H. The summed E-state index contributed by atoms with van der Waals surface area (Å²) in [6.07, 6.45) is 0. The molecule has 0 aliphatic rings. The van der Waals surface area contributed by atoms with Crippen LogP contribution in [0.2, 0.25) is 0 Å². The van der Waals surface area contributed by atoms with Crippen LogP contribution in [0, 0.1) is 6.92 Å². The van der Waals surface area contributed by atoms with E-state index in [-0.39, 0.29) is 30.3 Å². The topological polar surface area (TPSA) is 67.2 Å². The number of likely N-dealkylation sites (N-methyl/N-ethyl adjacent to an activating group) is 1. The van der Waals surface area contributed by atoms with Gasteiger partial charge < -0.3 is 15.2 Å². The number of nitrogens with zero attached hydrogens (tertiary/aromatic N) is 1. The maximum atomic E-state index is 12.0. The van der Waals surface area contributed by atoms with Crippen molar-refractivity contribution in [3.8, 4) is 0 Å². The highest BCUT2D eigenvalue weighted by Gasteiger charge is 2.22. The first-order valence-corrected chi connectivity index (χ1v) is 5.89. The Morgan fingerprint density at radius 3 is 2.50 bits per heavy atom. The molecule has 6 heteroatoms. The summed E-state index contributed by atoms with van der Waals surface area (Å²) in [5, 5.41) is 9.79. The number of carbonyl (C=O) groups is 1. The van der Waals surface area contributed by atoms with Crippen molar-refractivity contribution < 1.29 is 9.32 Å². The highest BCUT2D eigenvalue weighted by atomic mass is 35.5. The lowest BCUT2D eigenvalue weighted by Crippen LogP contribution is -2.37. The molecule has 1 rings (SSSR count). The molecule has 1 unspecified atom stereocenters. The third kappa shape index (κ3) is 3.99. The van der Waals surface area contributed by atoms with E-state index in [1.807, 2.05) is 27.8 Å². The number of aryl methyl sites for hydroxylation is 1. The van der Waals surface area contributed by atoms with E-state index in [0.717, 1.165) is 0 Å². The van der Waals surface area contributed by atoms with Crippen molar-refractivity contribution in [2.75, 3.05) is 13.6 Å². The quantitative estimate of drug-likeness (QED) is 0.861. The average molecular weight is 276 g/mol. The van der Waals surface area contributed by atoms with E-state index in [1.54, 1.807) is 6.92 Å². The van der Waals surface area contributed by atoms with Crippen LogP contribution in [-0.4, -0.2) is 30.7 Å². The fourth-order valence-electron chi connectivity index (χ4n) is 1.49. The summed E-state index contributed by atoms with van der Waals surface area (Å²) in [7, 11) is 1.86. The molecule has 1 aromatic rings. The SMILES string of the molecule is CNC(C)CNC(=O)c1c(C)noc1C(C)C.Cl. The maximum Gasteiger partial charge on any atom is 0.256 e. The number of hydrogen-bond acceptors (Lipinski definition) is 4. The number of nitrogens with one attached hydrogen (secondary N) is 2. The normalized spacial score (nSPS) is 12.1. The molecule has 0 aliphatic carbocycles. The number of hydrogen-bond donors (Lipinski definition) is 2. The number of halogens is 1. The molecule has 18 heavy (non-hydrogen) atoms. The first kappa shape index (κ1) is 16.9. The summed E-state index contributed by atoms with van der Waals surface area (Å²) < 4.78 is 5.18. The van der Waals surface area contributed by atoms with Crippen LogP contribution in [0.1, 0.15) is 48.5 Å². The Labute approximate surface area is 114 Å². The van der Waals surface area contributed by atoms with Gasteiger partial charge in [-0.3, -0.25) is 4.79 Å². The molecule has 0 saturated heterocycles. The molecular formula is C12H22ClN3O2. The molecule has 0 saturated carbocycles. The maximum absolute atomic E-state index is 12.0. The monoisotopic (exact) mass is 275 g/mol. The minimum atomic E-state index is -0.116. The zero-order chi connectivity index (χ0) is 13.0. The van der Waals surface area contributed by atoms with E-state index >= 15 is 0 Å². The van der Waals surface area contributed by atoms with E-state index < -0.39 is 0 Å². The Morgan fingerprint density at radius 1 is 1.39 bits per heavy atom. The predicted octanol–water partition coefficient (Wildman–Crippen LogP) is 1.87. The second-order valence-corrected chi connectivity index (χ2v) is 4.56. The summed E-state index contributed by atoms with van der Waals surface area (Å²) in [6.45, 7) is 8.33. The Morgan fingerprint density at radius 2 is 2.00 bits per heavy atom. The van der Waals surface area contributed by atoms with Gasteiger partial charge in [-0.05, 0) is 20.9 Å². The van der Waals surface area contributed by atoms with Crippen LogP contribution in [0.3, 0.4) is 0 Å². The molecule has 2 N–H and O–H groups in total. The molecule has 1 amide bonds. The fraction of sp³-hybridized carbons (Fsp3) is 0.667. The molecule has 1 aromatic heterocycles. The molecule has 1 heterocycles. The van der Waals surface area contributed by atoms with E-state index in [1.165, 1.54) is 0 Å². The van der Waals surface area contributed by atoms with Gasteiger partial charge in [-0.25, -0.2) is 0 Å². The molecule has 0 aromatic carbocycles. The lowest BCUT2D eigenvalue weighted by atomic mass is 10.0. The summed E-state index contributed by atoms with van der Waals surface area (Å²) in [4.78, 5) is 12.0. The number of carbonyl (C=O) groups excluding carboxylic acids is 1. The van der Waals surface area contributed by atoms with Gasteiger partial charge in [0.25, 0.3) is 5.91 Å². The Hall–Kier alpha value is -1.07. The zero-order valence-corrected chi connectivity index (χ0v) is 12.4. The molecular weight excluding hydrogens is 254 g/mol. The molecule has 104 valence electrons. The highest BCUT2D eigenvalue weighted by molar-refractivity contribution is 5.96. The fourth-order valence-corrected chi connectivity index (χ4v) is 1.49. The second-order valence-electron chi connectivity index (χ2n) is 4.56. The van der Waals surface area contributed by atoms with Gasteiger partial charge in [0.15, 0.2) is 5.76 Å². The predicted molar refractivity (Wildman–Crippen MR) is 73.4 cm³/mol. The lowest BCUT2D eigenvalue weighted by Gasteiger charge is -2.11. The summed E-state index contributed by atoms with van der Waals surface area (Å²) in [5.74, 6) is 0.685. The number of rotatable bonds is 5. The van der Waals surface area contributed by atoms with Gasteiger partial charge in [-0.2, -0.15) is 0 Å². The number of aromatic nitrogens is 1. The Kier molecular flexibility index (Phi) is 6.94. The van der Waals surface area contributed by atoms with Crippen LogP contribution in [0.25, 0.3) is 0 Å². The second kappa shape index (κ2) is 7.38. The van der Waals surface area contributed by atoms with Crippen molar-refractivity contribution in [1.82, 2.24) is 15.8 Å².